The molecule has 0 aromatic carbocycles. The molecule has 1 aliphatic carbocycles. The summed E-state index contributed by atoms with van der Waals surface area (Å²) in [5.74, 6) is 2.94. The highest BCUT2D eigenvalue weighted by molar-refractivity contribution is 8.10. The minimum absolute atomic E-state index is 0.143. The highest BCUT2D eigenvalue weighted by Crippen LogP contribution is 2.40. The van der Waals surface area contributed by atoms with E-state index in [1.807, 2.05) is 11.8 Å². The van der Waals surface area contributed by atoms with E-state index in [1.54, 1.807) is 0 Å². The quantitative estimate of drug-likeness (QED) is 0.638. The molecule has 1 heterocycles. The molecule has 0 saturated carbocycles. The van der Waals surface area contributed by atoms with Gasteiger partial charge in [-0.2, -0.15) is 11.8 Å². The molecule has 0 atom stereocenters. The maximum absolute atomic E-state index is 12.0. The van der Waals surface area contributed by atoms with Crippen LogP contribution in [0.4, 0.5) is 0 Å². The minimum atomic E-state index is -0.310. The normalized spacial score (nSPS) is 23.2. The first-order valence-corrected chi connectivity index (χ1v) is 8.73. The Labute approximate surface area is 122 Å². The van der Waals surface area contributed by atoms with E-state index in [9.17, 15) is 9.59 Å². The van der Waals surface area contributed by atoms with Gasteiger partial charge in [0.25, 0.3) is 0 Å². The number of allylic oxidation sites excluding steroid dienone is 4. The van der Waals surface area contributed by atoms with Crippen molar-refractivity contribution in [2.45, 2.75) is 0 Å². The van der Waals surface area contributed by atoms with Crippen molar-refractivity contribution < 1.29 is 9.59 Å². The third-order valence-corrected chi connectivity index (χ3v) is 6.78. The van der Waals surface area contributed by atoms with Crippen LogP contribution in [0.15, 0.2) is 19.9 Å². The summed E-state index contributed by atoms with van der Waals surface area (Å²) in [5, 5.41) is -0.286. The van der Waals surface area contributed by atoms with Gasteiger partial charge in [0, 0.05) is 23.0 Å². The average Bonchev–Trinajstić information content (AvgIpc) is 2.45. The fourth-order valence-corrected chi connectivity index (χ4v) is 5.34. The molecule has 2 nitrogen and oxygen atoms in total. The van der Waals surface area contributed by atoms with Crippen LogP contribution >= 0.6 is 58.5 Å². The Bertz CT molecular complexity index is 405. The van der Waals surface area contributed by atoms with Gasteiger partial charge in [0.05, 0.1) is 9.81 Å². The summed E-state index contributed by atoms with van der Waals surface area (Å²) in [6.07, 6.45) is 0. The molecule has 0 aromatic heterocycles. The highest BCUT2D eigenvalue weighted by Gasteiger charge is 2.33. The van der Waals surface area contributed by atoms with E-state index in [-0.39, 0.29) is 21.6 Å². The monoisotopic (exact) mass is 326 g/mol. The molecule has 0 fully saturated rings. The van der Waals surface area contributed by atoms with Crippen LogP contribution in [0.3, 0.4) is 0 Å². The van der Waals surface area contributed by atoms with Crippen molar-refractivity contribution in [1.29, 1.82) is 0 Å². The fourth-order valence-electron chi connectivity index (χ4n) is 1.37. The molecule has 0 saturated heterocycles. The van der Waals surface area contributed by atoms with Crippen molar-refractivity contribution in [1.82, 2.24) is 0 Å². The van der Waals surface area contributed by atoms with Crippen LogP contribution in [0.25, 0.3) is 0 Å². The van der Waals surface area contributed by atoms with E-state index in [0.717, 1.165) is 23.0 Å². The van der Waals surface area contributed by atoms with Gasteiger partial charge in [-0.25, -0.2) is 0 Å². The number of thioether (sulfide) groups is 3. The number of hydrogen-bond donors (Lipinski definition) is 0. The van der Waals surface area contributed by atoms with E-state index in [0.29, 0.717) is 9.81 Å². The maximum atomic E-state index is 12.0. The van der Waals surface area contributed by atoms with Crippen LogP contribution in [-0.4, -0.2) is 34.6 Å². The molecule has 0 N–H and O–H groups in total. The SMILES string of the molecule is O=C1C(Cl)=C(Cl)C(=O)C2=C1SCCSCCS2. The fraction of sp³-hybridized carbons (Fsp3) is 0.400. The first kappa shape index (κ1) is 13.9. The van der Waals surface area contributed by atoms with Crippen molar-refractivity contribution >= 4 is 70.1 Å². The lowest BCUT2D eigenvalue weighted by Gasteiger charge is -2.16. The lowest BCUT2D eigenvalue weighted by atomic mass is 10.1. The summed E-state index contributed by atoms with van der Waals surface area (Å²) >= 11 is 16.2. The standard InChI is InChI=1S/C10H8Cl2O2S3/c11-5-6(12)8(14)10-9(7(5)13)16-3-1-15-2-4-17-10/h1-4H2. The van der Waals surface area contributed by atoms with Crippen LogP contribution in [-0.2, 0) is 9.59 Å². The molecule has 0 amide bonds. The number of ketones is 2. The number of halogens is 2. The molecule has 17 heavy (non-hydrogen) atoms. The zero-order chi connectivity index (χ0) is 12.4. The summed E-state index contributed by atoms with van der Waals surface area (Å²) in [5.41, 5.74) is 0. The van der Waals surface area contributed by atoms with Crippen molar-refractivity contribution in [2.75, 3.05) is 23.0 Å². The topological polar surface area (TPSA) is 34.1 Å². The summed E-state index contributed by atoms with van der Waals surface area (Å²) in [4.78, 5) is 24.9. The van der Waals surface area contributed by atoms with Gasteiger partial charge in [0.1, 0.15) is 10.1 Å². The molecule has 1 aliphatic heterocycles. The Hall–Kier alpha value is 0.450. The largest absolute Gasteiger partial charge is 0.287 e. The van der Waals surface area contributed by atoms with E-state index >= 15 is 0 Å². The van der Waals surface area contributed by atoms with Gasteiger partial charge < -0.3 is 0 Å². The van der Waals surface area contributed by atoms with E-state index in [2.05, 4.69) is 0 Å². The molecule has 7 heteroatoms. The summed E-state index contributed by atoms with van der Waals surface area (Å²) < 4.78 is 0. The second-order valence-electron chi connectivity index (χ2n) is 3.25. The van der Waals surface area contributed by atoms with Gasteiger partial charge in [-0.05, 0) is 0 Å². The first-order chi connectivity index (χ1) is 8.13. The molecule has 2 rings (SSSR count). The van der Waals surface area contributed by atoms with Gasteiger partial charge >= 0.3 is 0 Å². The number of Topliss-reactive ketones (excluding diaryl/α,β-unsaturated/α-hetero) is 2. The van der Waals surface area contributed by atoms with Gasteiger partial charge in [0.15, 0.2) is 0 Å². The predicted molar refractivity (Wildman–Crippen MR) is 78.0 cm³/mol. The summed E-state index contributed by atoms with van der Waals surface area (Å²) in [7, 11) is 0. The van der Waals surface area contributed by atoms with E-state index < -0.39 is 0 Å². The molecule has 0 radical (unpaired) electrons. The molecule has 92 valence electrons. The third-order valence-electron chi connectivity index (χ3n) is 2.16. The molecule has 0 spiro atoms. The number of rotatable bonds is 0. The molecule has 2 aliphatic rings. The Morgan fingerprint density at radius 2 is 1.18 bits per heavy atom. The van der Waals surface area contributed by atoms with Crippen LogP contribution in [0.5, 0.6) is 0 Å². The lowest BCUT2D eigenvalue weighted by molar-refractivity contribution is -0.114. The molecule has 0 bridgehead atoms. The number of carbonyl (C=O) groups excluding carboxylic acids is 2. The molecular weight excluding hydrogens is 319 g/mol. The van der Waals surface area contributed by atoms with Crippen LogP contribution < -0.4 is 0 Å². The number of carbonyl (C=O) groups is 2. The van der Waals surface area contributed by atoms with Crippen LogP contribution in [0, 0.1) is 0 Å². The van der Waals surface area contributed by atoms with Gasteiger partial charge in [-0.1, -0.05) is 23.2 Å². The zero-order valence-corrected chi connectivity index (χ0v) is 12.6. The van der Waals surface area contributed by atoms with Gasteiger partial charge in [0.2, 0.25) is 11.6 Å². The smallest absolute Gasteiger partial charge is 0.213 e. The van der Waals surface area contributed by atoms with Crippen LogP contribution in [0.1, 0.15) is 0 Å². The van der Waals surface area contributed by atoms with Gasteiger partial charge in [-0.15, -0.1) is 23.5 Å². The molecular formula is C10H8Cl2O2S3. The molecule has 0 unspecified atom stereocenters. The predicted octanol–water partition coefficient (Wildman–Crippen LogP) is 3.25. The highest BCUT2D eigenvalue weighted by atomic mass is 35.5. The summed E-state index contributed by atoms with van der Waals surface area (Å²) in [6, 6.07) is 0. The van der Waals surface area contributed by atoms with E-state index in [1.165, 1.54) is 23.5 Å². The second kappa shape index (κ2) is 6.06. The van der Waals surface area contributed by atoms with Crippen molar-refractivity contribution in [2.24, 2.45) is 0 Å². The maximum Gasteiger partial charge on any atom is 0.213 e. The Morgan fingerprint density at radius 3 is 1.59 bits per heavy atom. The number of hydrogen-bond acceptors (Lipinski definition) is 5. The van der Waals surface area contributed by atoms with Crippen molar-refractivity contribution in [3.63, 3.8) is 0 Å². The lowest BCUT2D eigenvalue weighted by Crippen LogP contribution is -2.17. The van der Waals surface area contributed by atoms with Crippen molar-refractivity contribution in [3.05, 3.63) is 19.9 Å². The minimum Gasteiger partial charge on any atom is -0.287 e. The van der Waals surface area contributed by atoms with Gasteiger partial charge in [-0.3, -0.25) is 9.59 Å². The Kier molecular flexibility index (Phi) is 4.95. The zero-order valence-electron chi connectivity index (χ0n) is 8.63. The summed E-state index contributed by atoms with van der Waals surface area (Å²) in [6.45, 7) is 0. The van der Waals surface area contributed by atoms with Crippen LogP contribution in [0.2, 0.25) is 0 Å². The first-order valence-electron chi connectivity index (χ1n) is 4.85. The van der Waals surface area contributed by atoms with E-state index in [4.69, 9.17) is 23.2 Å². The van der Waals surface area contributed by atoms with Crippen molar-refractivity contribution in [3.8, 4) is 0 Å². The Morgan fingerprint density at radius 1 is 0.765 bits per heavy atom. The Balaban J connectivity index is 2.38. The average molecular weight is 327 g/mol. The third kappa shape index (κ3) is 2.89. The second-order valence-corrected chi connectivity index (χ2v) is 7.44. The molecule has 0 aromatic rings.